The number of halogens is 1. The van der Waals surface area contributed by atoms with Crippen molar-refractivity contribution < 1.29 is 9.18 Å². The zero-order valence-corrected chi connectivity index (χ0v) is 12.0. The van der Waals surface area contributed by atoms with Crippen LogP contribution >= 0.6 is 12.2 Å². The Morgan fingerprint density at radius 3 is 2.63 bits per heavy atom. The average Bonchev–Trinajstić information content (AvgIpc) is 2.30. The first-order chi connectivity index (χ1) is 8.88. The molecule has 0 aliphatic rings. The number of hydrogen-bond donors (Lipinski definition) is 3. The molecular formula is C13H18FN3OS. The molecule has 3 N–H and O–H groups in total. The van der Waals surface area contributed by atoms with Crippen molar-refractivity contribution in [1.29, 1.82) is 0 Å². The summed E-state index contributed by atoms with van der Waals surface area (Å²) in [5.74, 6) is -0.180. The predicted octanol–water partition coefficient (Wildman–Crippen LogP) is 2.50. The molecular weight excluding hydrogens is 265 g/mol. The second kappa shape index (κ2) is 7.04. The number of hydrogen-bond acceptors (Lipinski definition) is 2. The summed E-state index contributed by atoms with van der Waals surface area (Å²) in [6.45, 7) is 5.58. The van der Waals surface area contributed by atoms with Gasteiger partial charge in [0.2, 0.25) is 5.91 Å². The summed E-state index contributed by atoms with van der Waals surface area (Å²) in [6, 6.07) is 4.71. The lowest BCUT2D eigenvalue weighted by atomic mass is 10.1. The summed E-state index contributed by atoms with van der Waals surface area (Å²) in [7, 11) is 0. The largest absolute Gasteiger partial charge is 0.331 e. The average molecular weight is 283 g/mol. The van der Waals surface area contributed by atoms with Gasteiger partial charge in [0.1, 0.15) is 5.82 Å². The van der Waals surface area contributed by atoms with E-state index in [2.05, 4.69) is 16.2 Å². The summed E-state index contributed by atoms with van der Waals surface area (Å²) in [5.41, 5.74) is 6.13. The smallest absolute Gasteiger partial charge is 0.238 e. The van der Waals surface area contributed by atoms with Gasteiger partial charge in [-0.05, 0) is 42.8 Å². The monoisotopic (exact) mass is 283 g/mol. The van der Waals surface area contributed by atoms with Gasteiger partial charge in [0.15, 0.2) is 5.11 Å². The highest BCUT2D eigenvalue weighted by molar-refractivity contribution is 7.80. The number of rotatable bonds is 3. The third-order valence-corrected chi connectivity index (χ3v) is 2.54. The molecule has 0 saturated carbocycles. The van der Waals surface area contributed by atoms with E-state index in [-0.39, 0.29) is 22.8 Å². The minimum Gasteiger partial charge on any atom is -0.331 e. The number of anilines is 1. The number of carbonyl (C=O) groups is 1. The van der Waals surface area contributed by atoms with Crippen molar-refractivity contribution in [2.75, 3.05) is 5.32 Å². The van der Waals surface area contributed by atoms with E-state index in [4.69, 9.17) is 12.2 Å². The van der Waals surface area contributed by atoms with Crippen molar-refractivity contribution in [2.45, 2.75) is 27.2 Å². The van der Waals surface area contributed by atoms with Gasteiger partial charge in [-0.2, -0.15) is 0 Å². The van der Waals surface area contributed by atoms with Crippen LogP contribution in [0.25, 0.3) is 0 Å². The molecule has 19 heavy (non-hydrogen) atoms. The van der Waals surface area contributed by atoms with Crippen LogP contribution in [0.3, 0.4) is 0 Å². The van der Waals surface area contributed by atoms with Gasteiger partial charge < -0.3 is 5.32 Å². The first-order valence-corrected chi connectivity index (χ1v) is 6.41. The lowest BCUT2D eigenvalue weighted by molar-refractivity contribution is -0.122. The Morgan fingerprint density at radius 2 is 2.05 bits per heavy atom. The maximum atomic E-state index is 13.3. The molecule has 1 aromatic rings. The van der Waals surface area contributed by atoms with E-state index in [0.717, 1.165) is 0 Å². The number of amides is 1. The second-order valence-electron chi connectivity index (χ2n) is 4.69. The highest BCUT2D eigenvalue weighted by atomic mass is 32.1. The van der Waals surface area contributed by atoms with E-state index < -0.39 is 0 Å². The Morgan fingerprint density at radius 1 is 1.37 bits per heavy atom. The van der Waals surface area contributed by atoms with Crippen molar-refractivity contribution in [2.24, 2.45) is 5.92 Å². The van der Waals surface area contributed by atoms with E-state index in [9.17, 15) is 9.18 Å². The molecule has 0 atom stereocenters. The third-order valence-electron chi connectivity index (χ3n) is 2.34. The number of carbonyl (C=O) groups excluding carboxylic acids is 1. The summed E-state index contributed by atoms with van der Waals surface area (Å²) in [6.07, 6.45) is 0.411. The SMILES string of the molecule is Cc1ccc(NC(=S)NNC(=O)CC(C)C)cc1F. The quantitative estimate of drug-likeness (QED) is 0.589. The fraction of sp³-hybridized carbons (Fsp3) is 0.385. The zero-order valence-electron chi connectivity index (χ0n) is 11.2. The predicted molar refractivity (Wildman–Crippen MR) is 78.1 cm³/mol. The van der Waals surface area contributed by atoms with E-state index in [0.29, 0.717) is 17.7 Å². The van der Waals surface area contributed by atoms with Crippen LogP contribution in [0.4, 0.5) is 10.1 Å². The fourth-order valence-electron chi connectivity index (χ4n) is 1.38. The molecule has 0 aliphatic carbocycles. The van der Waals surface area contributed by atoms with Crippen LogP contribution in [0.5, 0.6) is 0 Å². The van der Waals surface area contributed by atoms with Gasteiger partial charge in [0.05, 0.1) is 0 Å². The number of aryl methyl sites for hydroxylation is 1. The van der Waals surface area contributed by atoms with Crippen LogP contribution < -0.4 is 16.2 Å². The molecule has 6 heteroatoms. The van der Waals surface area contributed by atoms with Gasteiger partial charge in [-0.25, -0.2) is 4.39 Å². The molecule has 0 saturated heterocycles. The zero-order chi connectivity index (χ0) is 14.4. The summed E-state index contributed by atoms with van der Waals surface area (Å²) < 4.78 is 13.3. The molecule has 0 spiro atoms. The number of nitrogens with one attached hydrogen (secondary N) is 3. The van der Waals surface area contributed by atoms with Gasteiger partial charge >= 0.3 is 0 Å². The first-order valence-electron chi connectivity index (χ1n) is 6.00. The molecule has 0 unspecified atom stereocenters. The summed E-state index contributed by atoms with van der Waals surface area (Å²) in [5, 5.41) is 2.99. The van der Waals surface area contributed by atoms with Crippen LogP contribution in [0, 0.1) is 18.7 Å². The minimum atomic E-state index is -0.309. The van der Waals surface area contributed by atoms with Crippen molar-refractivity contribution in [3.8, 4) is 0 Å². The molecule has 1 amide bonds. The molecule has 104 valence electrons. The van der Waals surface area contributed by atoms with Crippen molar-refractivity contribution in [3.63, 3.8) is 0 Å². The third kappa shape index (κ3) is 5.65. The minimum absolute atomic E-state index is 0.144. The van der Waals surface area contributed by atoms with E-state index in [1.165, 1.54) is 6.07 Å². The topological polar surface area (TPSA) is 53.2 Å². The van der Waals surface area contributed by atoms with Crippen LogP contribution in [0.2, 0.25) is 0 Å². The van der Waals surface area contributed by atoms with E-state index >= 15 is 0 Å². The standard InChI is InChI=1S/C13H18FN3OS/c1-8(2)6-12(18)16-17-13(19)15-10-5-4-9(3)11(14)7-10/h4-5,7-8H,6H2,1-3H3,(H,16,18)(H2,15,17,19). The Labute approximate surface area is 117 Å². The van der Waals surface area contributed by atoms with Crippen LogP contribution in [0.1, 0.15) is 25.8 Å². The summed E-state index contributed by atoms with van der Waals surface area (Å²) in [4.78, 5) is 11.4. The lowest BCUT2D eigenvalue weighted by Gasteiger charge is -2.12. The van der Waals surface area contributed by atoms with Crippen molar-refractivity contribution in [3.05, 3.63) is 29.6 Å². The van der Waals surface area contributed by atoms with Gasteiger partial charge in [-0.15, -0.1) is 0 Å². The molecule has 1 aromatic carbocycles. The molecule has 0 heterocycles. The van der Waals surface area contributed by atoms with Crippen LogP contribution in [-0.2, 0) is 4.79 Å². The second-order valence-corrected chi connectivity index (χ2v) is 5.10. The maximum absolute atomic E-state index is 13.3. The van der Waals surface area contributed by atoms with Gasteiger partial charge in [-0.3, -0.25) is 15.6 Å². The molecule has 1 rings (SSSR count). The maximum Gasteiger partial charge on any atom is 0.238 e. The van der Waals surface area contributed by atoms with Crippen molar-refractivity contribution in [1.82, 2.24) is 10.9 Å². The summed E-state index contributed by atoms with van der Waals surface area (Å²) >= 11 is 4.98. The highest BCUT2D eigenvalue weighted by Crippen LogP contribution is 2.13. The normalized spacial score (nSPS) is 10.2. The molecule has 0 bridgehead atoms. The van der Waals surface area contributed by atoms with Crippen molar-refractivity contribution >= 4 is 28.9 Å². The molecule has 0 radical (unpaired) electrons. The number of thiocarbonyl (C=S) groups is 1. The molecule has 0 aliphatic heterocycles. The molecule has 0 aromatic heterocycles. The van der Waals surface area contributed by atoms with E-state index in [1.807, 2.05) is 13.8 Å². The number of benzene rings is 1. The van der Waals surface area contributed by atoms with Crippen LogP contribution in [-0.4, -0.2) is 11.0 Å². The Kier molecular flexibility index (Phi) is 5.69. The van der Waals surface area contributed by atoms with E-state index in [1.54, 1.807) is 19.1 Å². The molecule has 0 fully saturated rings. The number of hydrazine groups is 1. The van der Waals surface area contributed by atoms with Gasteiger partial charge in [0.25, 0.3) is 0 Å². The lowest BCUT2D eigenvalue weighted by Crippen LogP contribution is -2.44. The Hall–Kier alpha value is -1.69. The highest BCUT2D eigenvalue weighted by Gasteiger charge is 2.05. The Bertz CT molecular complexity index is 477. The van der Waals surface area contributed by atoms with Crippen LogP contribution in [0.15, 0.2) is 18.2 Å². The Balaban J connectivity index is 2.43. The first kappa shape index (κ1) is 15.4. The fourth-order valence-corrected chi connectivity index (χ4v) is 1.55. The van der Waals surface area contributed by atoms with Gasteiger partial charge in [0, 0.05) is 12.1 Å². The van der Waals surface area contributed by atoms with Gasteiger partial charge in [-0.1, -0.05) is 19.9 Å². The molecule has 4 nitrogen and oxygen atoms in total.